The molecule has 0 atom stereocenters. The number of para-hydroxylation sites is 2. The normalized spacial score (nSPS) is 13.6. The molecule has 0 aromatic heterocycles. The van der Waals surface area contributed by atoms with E-state index in [4.69, 9.17) is 0 Å². The molecule has 0 radical (unpaired) electrons. The molecule has 2 aliphatic rings. The van der Waals surface area contributed by atoms with Crippen molar-refractivity contribution >= 4 is 103 Å². The second-order valence-electron chi connectivity index (χ2n) is 21.3. The SMILES string of the molecule is C[Si]1(C)c2cc(N(c3ccccc3)c3ccc(-c4cccc5ccccc45)cc3)ccc2-c2ccc3c4c(ccc1c24)[Si](C)(C)c1cc(N(c2ccccc2)c2ccc(-c4cccc5ccccc45)cc2)ccc1-3. The molecule has 0 saturated carbocycles. The number of hydrogen-bond donors (Lipinski definition) is 0. The second-order valence-corrected chi connectivity index (χ2v) is 29.9. The zero-order valence-corrected chi connectivity index (χ0v) is 44.1. The summed E-state index contributed by atoms with van der Waals surface area (Å²) in [6, 6.07) is 95.2. The van der Waals surface area contributed by atoms with Gasteiger partial charge in [-0.15, -0.1) is 0 Å². The van der Waals surface area contributed by atoms with E-state index in [1.54, 1.807) is 0 Å². The number of benzene rings is 12. The summed E-state index contributed by atoms with van der Waals surface area (Å²) in [5, 5.41) is 14.1. The molecular formula is C70H54N2Si2. The van der Waals surface area contributed by atoms with Gasteiger partial charge in [-0.25, -0.2) is 0 Å². The lowest BCUT2D eigenvalue weighted by Gasteiger charge is -2.40. The standard InChI is InChI=1S/C70H54N2Si2/c1-73(2)65-43-44-66-70-64(62-40-38-56(46-68(62)74(66,3)4)72(52-23-9-6-10-24-52)54-35-31-50(32-36-54)60-28-16-20-48-18-12-14-26-58(48)60)42-41-63(69(65)70)61-39-37-55(45-67(61)73)71(51-21-7-5-8-22-51)53-33-29-49(30-34-53)59-27-15-19-47-17-11-13-25-57(47)59/h5-46H,1-4H3. The predicted molar refractivity (Wildman–Crippen MR) is 324 cm³/mol. The van der Waals surface area contributed by atoms with Gasteiger partial charge in [-0.3, -0.25) is 0 Å². The highest BCUT2D eigenvalue weighted by Crippen LogP contribution is 2.45. The molecule has 74 heavy (non-hydrogen) atoms. The first-order valence-corrected chi connectivity index (χ1v) is 32.0. The van der Waals surface area contributed by atoms with Crippen molar-refractivity contribution in [3.05, 3.63) is 255 Å². The van der Waals surface area contributed by atoms with Crippen molar-refractivity contribution in [2.45, 2.75) is 26.2 Å². The molecule has 12 aromatic rings. The quantitative estimate of drug-likeness (QED) is 0.140. The molecule has 0 saturated heterocycles. The Morgan fingerprint density at radius 1 is 0.243 bits per heavy atom. The summed E-state index contributed by atoms with van der Waals surface area (Å²) in [4.78, 5) is 4.87. The maximum Gasteiger partial charge on any atom is 0.113 e. The predicted octanol–water partition coefficient (Wildman–Crippen LogP) is 17.0. The third kappa shape index (κ3) is 6.90. The number of fused-ring (bicyclic) bond motifs is 6. The van der Waals surface area contributed by atoms with Gasteiger partial charge in [0.15, 0.2) is 0 Å². The van der Waals surface area contributed by atoms with Crippen LogP contribution in [-0.2, 0) is 0 Å². The average Bonchev–Trinajstić information content (AvgIpc) is 3.45. The van der Waals surface area contributed by atoms with Gasteiger partial charge in [-0.1, -0.05) is 208 Å². The molecule has 2 aliphatic heterocycles. The average molecular weight is 979 g/mol. The van der Waals surface area contributed by atoms with Crippen LogP contribution in [0.25, 0.3) is 76.8 Å². The van der Waals surface area contributed by atoms with Crippen LogP contribution in [0.1, 0.15) is 0 Å². The Morgan fingerprint density at radius 2 is 0.581 bits per heavy atom. The lowest BCUT2D eigenvalue weighted by Crippen LogP contribution is -2.59. The van der Waals surface area contributed by atoms with Crippen LogP contribution in [0, 0.1) is 0 Å². The van der Waals surface area contributed by atoms with Gasteiger partial charge in [-0.05, 0) is 170 Å². The Kier molecular flexibility index (Phi) is 10.2. The van der Waals surface area contributed by atoms with Crippen molar-refractivity contribution in [1.82, 2.24) is 0 Å². The molecule has 2 heterocycles. The summed E-state index contributed by atoms with van der Waals surface area (Å²) in [5.41, 5.74) is 17.4. The third-order valence-electron chi connectivity index (χ3n) is 16.4. The first kappa shape index (κ1) is 44.2. The molecule has 0 aliphatic carbocycles. The van der Waals surface area contributed by atoms with Crippen molar-refractivity contribution in [2.24, 2.45) is 0 Å². The molecule has 12 aromatic carbocycles. The lowest BCUT2D eigenvalue weighted by atomic mass is 9.90. The van der Waals surface area contributed by atoms with Gasteiger partial charge in [0, 0.05) is 34.1 Å². The van der Waals surface area contributed by atoms with E-state index in [9.17, 15) is 0 Å². The van der Waals surface area contributed by atoms with Crippen molar-refractivity contribution in [1.29, 1.82) is 0 Å². The van der Waals surface area contributed by atoms with E-state index >= 15 is 0 Å². The van der Waals surface area contributed by atoms with E-state index in [0.717, 1.165) is 22.7 Å². The van der Waals surface area contributed by atoms with Gasteiger partial charge < -0.3 is 9.80 Å². The maximum atomic E-state index is 2.58. The molecule has 0 spiro atoms. The van der Waals surface area contributed by atoms with E-state index in [-0.39, 0.29) is 0 Å². The van der Waals surface area contributed by atoms with Crippen LogP contribution in [0.2, 0.25) is 26.2 Å². The Labute approximate surface area is 436 Å². The van der Waals surface area contributed by atoms with E-state index in [0.29, 0.717) is 0 Å². The summed E-state index contributed by atoms with van der Waals surface area (Å²) in [7, 11) is -4.50. The smallest absolute Gasteiger partial charge is 0.113 e. The summed E-state index contributed by atoms with van der Waals surface area (Å²) >= 11 is 0. The first-order chi connectivity index (χ1) is 36.2. The topological polar surface area (TPSA) is 6.48 Å². The highest BCUT2D eigenvalue weighted by Gasteiger charge is 2.42. The fourth-order valence-corrected chi connectivity index (χ4v) is 18.9. The Balaban J connectivity index is 0.858. The molecule has 0 bridgehead atoms. The van der Waals surface area contributed by atoms with Gasteiger partial charge in [0.05, 0.1) is 0 Å². The Bertz CT molecular complexity index is 3900. The van der Waals surface area contributed by atoms with E-state index in [1.807, 2.05) is 0 Å². The number of nitrogens with zero attached hydrogens (tertiary/aromatic N) is 2. The molecule has 14 rings (SSSR count). The van der Waals surface area contributed by atoms with Crippen molar-refractivity contribution in [2.75, 3.05) is 9.80 Å². The maximum absolute atomic E-state index is 2.58. The van der Waals surface area contributed by atoms with Crippen LogP contribution in [-0.4, -0.2) is 16.1 Å². The fraction of sp³-hybridized carbons (Fsp3) is 0.0571. The molecule has 0 fully saturated rings. The van der Waals surface area contributed by atoms with Crippen molar-refractivity contribution in [3.8, 4) is 44.5 Å². The molecule has 4 heteroatoms. The minimum absolute atomic E-state index is 1.14. The lowest BCUT2D eigenvalue weighted by molar-refractivity contribution is 1.29. The first-order valence-electron chi connectivity index (χ1n) is 26.0. The highest BCUT2D eigenvalue weighted by atomic mass is 28.3. The number of anilines is 6. The van der Waals surface area contributed by atoms with Gasteiger partial charge in [0.25, 0.3) is 0 Å². The minimum atomic E-state index is -2.25. The van der Waals surface area contributed by atoms with Gasteiger partial charge >= 0.3 is 0 Å². The summed E-state index contributed by atoms with van der Waals surface area (Å²) in [6.07, 6.45) is 0. The molecule has 0 unspecified atom stereocenters. The number of hydrogen-bond acceptors (Lipinski definition) is 2. The molecular weight excluding hydrogens is 925 g/mol. The minimum Gasteiger partial charge on any atom is -0.311 e. The van der Waals surface area contributed by atoms with Crippen molar-refractivity contribution < 1.29 is 0 Å². The van der Waals surface area contributed by atoms with Crippen LogP contribution in [0.5, 0.6) is 0 Å². The summed E-state index contributed by atoms with van der Waals surface area (Å²) in [6.45, 7) is 10.3. The van der Waals surface area contributed by atoms with Crippen LogP contribution < -0.4 is 30.5 Å². The van der Waals surface area contributed by atoms with Crippen LogP contribution in [0.4, 0.5) is 34.1 Å². The largest absolute Gasteiger partial charge is 0.311 e. The van der Waals surface area contributed by atoms with Gasteiger partial charge in [0.2, 0.25) is 0 Å². The van der Waals surface area contributed by atoms with E-state index in [2.05, 4.69) is 291 Å². The van der Waals surface area contributed by atoms with Crippen LogP contribution in [0.15, 0.2) is 255 Å². The second kappa shape index (κ2) is 17.0. The molecule has 0 amide bonds. The number of rotatable bonds is 8. The molecule has 352 valence electrons. The zero-order chi connectivity index (χ0) is 49.7. The van der Waals surface area contributed by atoms with Crippen LogP contribution in [0.3, 0.4) is 0 Å². The third-order valence-corrected chi connectivity index (χ3v) is 23.5. The molecule has 0 N–H and O–H groups in total. The monoisotopic (exact) mass is 978 g/mol. The van der Waals surface area contributed by atoms with Gasteiger partial charge in [0.1, 0.15) is 16.1 Å². The van der Waals surface area contributed by atoms with E-state index in [1.165, 1.54) is 109 Å². The van der Waals surface area contributed by atoms with Gasteiger partial charge in [-0.2, -0.15) is 0 Å². The van der Waals surface area contributed by atoms with Crippen LogP contribution >= 0.6 is 0 Å². The molecule has 2 nitrogen and oxygen atoms in total. The summed E-state index contributed by atoms with van der Waals surface area (Å²) in [5.74, 6) is 0. The zero-order valence-electron chi connectivity index (χ0n) is 42.1. The van der Waals surface area contributed by atoms with E-state index < -0.39 is 16.1 Å². The Hall–Kier alpha value is -8.55. The van der Waals surface area contributed by atoms with Crippen molar-refractivity contribution in [3.63, 3.8) is 0 Å². The Morgan fingerprint density at radius 3 is 1.00 bits per heavy atom. The highest BCUT2D eigenvalue weighted by molar-refractivity contribution is 7.05. The summed E-state index contributed by atoms with van der Waals surface area (Å²) < 4.78 is 0. The fourth-order valence-electron chi connectivity index (χ4n) is 12.7.